The fourth-order valence-corrected chi connectivity index (χ4v) is 10.2. The van der Waals surface area contributed by atoms with Gasteiger partial charge in [0.15, 0.2) is 5.82 Å². The zero-order valence-corrected chi connectivity index (χ0v) is 37.6. The molecule has 69 heavy (non-hydrogen) atoms. The number of fused-ring (bicyclic) bond motifs is 6. The molecule has 0 bridgehead atoms. The third-order valence-electron chi connectivity index (χ3n) is 13.3. The number of rotatable bonds is 9. The summed E-state index contributed by atoms with van der Waals surface area (Å²) in [6.07, 6.45) is 2.00. The Morgan fingerprint density at radius 2 is 0.783 bits per heavy atom. The fraction of sp³-hybridized carbons (Fsp3) is 0. The Morgan fingerprint density at radius 3 is 1.39 bits per heavy atom. The minimum absolute atomic E-state index is 0.666. The Balaban J connectivity index is 1.11. The normalized spacial score (nSPS) is 11.5. The molecule has 13 aromatic rings. The molecule has 5 nitrogen and oxygen atoms in total. The molecule has 0 unspecified atom stereocenters. The minimum Gasteiger partial charge on any atom is -0.309 e. The van der Waals surface area contributed by atoms with E-state index in [1.165, 1.54) is 27.1 Å². The average Bonchev–Trinajstić information content (AvgIpc) is 3.95. The summed E-state index contributed by atoms with van der Waals surface area (Å²) >= 11 is 0. The van der Waals surface area contributed by atoms with E-state index in [-0.39, 0.29) is 0 Å². The van der Waals surface area contributed by atoms with Crippen LogP contribution in [0.2, 0.25) is 0 Å². The quantitative estimate of drug-likeness (QED) is 0.145. The average molecular weight is 882 g/mol. The van der Waals surface area contributed by atoms with Gasteiger partial charge in [-0.1, -0.05) is 188 Å². The Morgan fingerprint density at radius 1 is 0.304 bits per heavy atom. The van der Waals surface area contributed by atoms with Crippen molar-refractivity contribution in [2.75, 3.05) is 4.90 Å². The maximum Gasteiger partial charge on any atom is 0.159 e. The molecule has 10 aromatic carbocycles. The van der Waals surface area contributed by atoms with Gasteiger partial charge in [0.25, 0.3) is 0 Å². The Hall–Kier alpha value is -9.32. The van der Waals surface area contributed by atoms with Crippen molar-refractivity contribution in [2.24, 2.45) is 0 Å². The highest BCUT2D eigenvalue weighted by Gasteiger charge is 2.24. The van der Waals surface area contributed by atoms with Crippen molar-refractivity contribution in [1.29, 1.82) is 0 Å². The van der Waals surface area contributed by atoms with E-state index in [2.05, 4.69) is 251 Å². The van der Waals surface area contributed by atoms with E-state index in [1.807, 2.05) is 24.4 Å². The van der Waals surface area contributed by atoms with Gasteiger partial charge in [0.2, 0.25) is 0 Å². The third kappa shape index (κ3) is 7.04. The summed E-state index contributed by atoms with van der Waals surface area (Å²) in [7, 11) is 0. The molecular weight excluding hydrogens is 839 g/mol. The molecule has 0 aliphatic rings. The summed E-state index contributed by atoms with van der Waals surface area (Å²) in [4.78, 5) is 12.9. The maximum atomic E-state index is 5.42. The Labute approximate surface area is 400 Å². The summed E-state index contributed by atoms with van der Waals surface area (Å²) in [6.45, 7) is 0. The van der Waals surface area contributed by atoms with Crippen LogP contribution in [0, 0.1) is 0 Å². The lowest BCUT2D eigenvalue weighted by Gasteiger charge is -2.29. The van der Waals surface area contributed by atoms with Crippen LogP contribution in [-0.4, -0.2) is 19.1 Å². The van der Waals surface area contributed by atoms with E-state index >= 15 is 0 Å². The number of hydrogen-bond acceptors (Lipinski definition) is 3. The Kier molecular flexibility index (Phi) is 9.76. The van der Waals surface area contributed by atoms with E-state index in [1.54, 1.807) is 0 Å². The van der Waals surface area contributed by atoms with Crippen LogP contribution in [0.5, 0.6) is 0 Å². The predicted molar refractivity (Wildman–Crippen MR) is 287 cm³/mol. The minimum atomic E-state index is 0.666. The maximum absolute atomic E-state index is 5.42. The number of nitrogens with zero attached hydrogens (tertiary/aromatic N) is 5. The number of anilines is 3. The van der Waals surface area contributed by atoms with Gasteiger partial charge in [-0.15, -0.1) is 0 Å². The lowest BCUT2D eigenvalue weighted by molar-refractivity contribution is 1.13. The lowest BCUT2D eigenvalue weighted by Crippen LogP contribution is -2.14. The second kappa shape index (κ2) is 16.8. The molecule has 5 heteroatoms. The summed E-state index contributed by atoms with van der Waals surface area (Å²) in [6, 6.07) is 91.0. The van der Waals surface area contributed by atoms with Crippen molar-refractivity contribution in [2.45, 2.75) is 0 Å². The van der Waals surface area contributed by atoms with Gasteiger partial charge < -0.3 is 14.0 Å². The van der Waals surface area contributed by atoms with Crippen LogP contribution in [0.15, 0.2) is 261 Å². The smallest absolute Gasteiger partial charge is 0.159 e. The molecule has 0 saturated heterocycles. The van der Waals surface area contributed by atoms with Gasteiger partial charge >= 0.3 is 0 Å². The second-order valence-electron chi connectivity index (χ2n) is 17.4. The number of para-hydroxylation sites is 4. The SMILES string of the molecule is c1ccc(-c2ccc(N(c3cc(-c4ccc5c6ccccc6n(-c6ccccc6)c5c4)cc(-n4c5ccccc5c5ccccc54)c3)c3cnc(-c4ccccc4)nc3-c3ccccc3)cc2)cc1. The van der Waals surface area contributed by atoms with Crippen LogP contribution in [0.4, 0.5) is 17.1 Å². The highest BCUT2D eigenvalue weighted by atomic mass is 15.2. The van der Waals surface area contributed by atoms with Crippen molar-refractivity contribution >= 4 is 60.7 Å². The van der Waals surface area contributed by atoms with E-state index < -0.39 is 0 Å². The Bertz CT molecular complexity index is 3940. The first-order valence-corrected chi connectivity index (χ1v) is 23.4. The van der Waals surface area contributed by atoms with Crippen molar-refractivity contribution in [3.63, 3.8) is 0 Å². The number of benzene rings is 10. The second-order valence-corrected chi connectivity index (χ2v) is 17.4. The van der Waals surface area contributed by atoms with Crippen molar-refractivity contribution < 1.29 is 0 Å². The van der Waals surface area contributed by atoms with Crippen LogP contribution in [0.3, 0.4) is 0 Å². The summed E-state index contributed by atoms with van der Waals surface area (Å²) in [5.41, 5.74) is 16.8. The van der Waals surface area contributed by atoms with Gasteiger partial charge in [-0.25, -0.2) is 9.97 Å². The topological polar surface area (TPSA) is 38.9 Å². The fourth-order valence-electron chi connectivity index (χ4n) is 10.2. The van der Waals surface area contributed by atoms with E-state index in [0.29, 0.717) is 5.82 Å². The van der Waals surface area contributed by atoms with Crippen LogP contribution in [0.25, 0.3) is 99.9 Å². The zero-order chi connectivity index (χ0) is 45.7. The molecule has 0 aliphatic carbocycles. The van der Waals surface area contributed by atoms with Gasteiger partial charge in [-0.2, -0.15) is 0 Å². The zero-order valence-electron chi connectivity index (χ0n) is 37.6. The van der Waals surface area contributed by atoms with Crippen LogP contribution >= 0.6 is 0 Å². The van der Waals surface area contributed by atoms with Crippen molar-refractivity contribution in [3.05, 3.63) is 261 Å². The van der Waals surface area contributed by atoms with Gasteiger partial charge in [0.1, 0.15) is 0 Å². The molecule has 0 saturated carbocycles. The summed E-state index contributed by atoms with van der Waals surface area (Å²) in [5.74, 6) is 0.666. The number of aromatic nitrogens is 4. The molecule has 0 amide bonds. The monoisotopic (exact) mass is 881 g/mol. The standard InChI is InChI=1S/C64H43N5/c1-5-19-44(20-6-1)45-33-36-51(37-34-45)67(62-43-65-64(47-23-9-3-10-24-47)66-63(62)46-21-7-2-8-22-46)52-39-49(40-53(42-52)69-59-31-17-13-27-54(59)55-28-14-18-32-60(55)69)48-35-38-57-56-29-15-16-30-58(56)68(61(57)41-48)50-25-11-4-12-26-50/h1-43H. The summed E-state index contributed by atoms with van der Waals surface area (Å²) < 4.78 is 4.81. The first-order valence-electron chi connectivity index (χ1n) is 23.4. The molecule has 324 valence electrons. The molecular formula is C64H43N5. The third-order valence-corrected chi connectivity index (χ3v) is 13.3. The van der Waals surface area contributed by atoms with Crippen molar-refractivity contribution in [3.8, 4) is 56.3 Å². The van der Waals surface area contributed by atoms with Crippen LogP contribution in [-0.2, 0) is 0 Å². The largest absolute Gasteiger partial charge is 0.309 e. The van der Waals surface area contributed by atoms with Gasteiger partial charge in [-0.05, 0) is 89.0 Å². The lowest BCUT2D eigenvalue weighted by atomic mass is 10.00. The molecule has 3 aromatic heterocycles. The molecule has 13 rings (SSSR count). The van der Waals surface area contributed by atoms with Gasteiger partial charge in [0, 0.05) is 55.4 Å². The first kappa shape index (κ1) is 40.0. The molecule has 0 fully saturated rings. The van der Waals surface area contributed by atoms with Gasteiger partial charge in [-0.3, -0.25) is 0 Å². The molecule has 0 N–H and O–H groups in total. The molecule has 0 aliphatic heterocycles. The molecule has 0 radical (unpaired) electrons. The summed E-state index contributed by atoms with van der Waals surface area (Å²) in [5, 5.41) is 4.84. The van der Waals surface area contributed by atoms with Crippen LogP contribution in [0.1, 0.15) is 0 Å². The van der Waals surface area contributed by atoms with Crippen molar-refractivity contribution in [1.82, 2.24) is 19.1 Å². The molecule has 0 spiro atoms. The van der Waals surface area contributed by atoms with Crippen LogP contribution < -0.4 is 4.90 Å². The van der Waals surface area contributed by atoms with Gasteiger partial charge in [0.05, 0.1) is 39.6 Å². The molecule has 0 atom stereocenters. The predicted octanol–water partition coefficient (Wildman–Crippen LogP) is 16.8. The highest BCUT2D eigenvalue weighted by Crippen LogP contribution is 2.45. The molecule has 3 heterocycles. The van der Waals surface area contributed by atoms with E-state index in [9.17, 15) is 0 Å². The van der Waals surface area contributed by atoms with E-state index in [4.69, 9.17) is 9.97 Å². The van der Waals surface area contributed by atoms with E-state index in [0.717, 1.165) is 84.1 Å². The first-order chi connectivity index (χ1) is 34.2. The highest BCUT2D eigenvalue weighted by molar-refractivity contribution is 6.11. The number of hydrogen-bond donors (Lipinski definition) is 0.